The quantitative estimate of drug-likeness (QED) is 0.623. The van der Waals surface area contributed by atoms with Gasteiger partial charge in [0.15, 0.2) is 0 Å². The Morgan fingerprint density at radius 3 is 2.52 bits per heavy atom. The average Bonchev–Trinajstić information content (AvgIpc) is 2.63. The number of anilines is 1. The van der Waals surface area contributed by atoms with E-state index in [9.17, 15) is 9.59 Å². The summed E-state index contributed by atoms with van der Waals surface area (Å²) in [5, 5.41) is 14.7. The lowest BCUT2D eigenvalue weighted by atomic mass is 10.0. The molecule has 0 heterocycles. The highest BCUT2D eigenvalue weighted by Crippen LogP contribution is 2.21. The van der Waals surface area contributed by atoms with E-state index in [1.807, 2.05) is 50.2 Å². The van der Waals surface area contributed by atoms with Crippen LogP contribution < -0.4 is 15.4 Å². The van der Waals surface area contributed by atoms with E-state index < -0.39 is 5.97 Å². The summed E-state index contributed by atoms with van der Waals surface area (Å²) in [6.45, 7) is 4.39. The number of carbonyl (C=O) groups is 2. The Labute approximate surface area is 159 Å². The highest BCUT2D eigenvalue weighted by Gasteiger charge is 2.15. The molecule has 0 aromatic heterocycles. The Kier molecular flexibility index (Phi) is 7.67. The lowest BCUT2D eigenvalue weighted by molar-refractivity contribution is -0.137. The number of carboxylic acid groups (broad SMARTS) is 1. The van der Waals surface area contributed by atoms with Gasteiger partial charge in [-0.05, 0) is 56.0 Å². The second-order valence-electron chi connectivity index (χ2n) is 6.33. The summed E-state index contributed by atoms with van der Waals surface area (Å²) in [7, 11) is 0. The first-order valence-electron chi connectivity index (χ1n) is 9.04. The van der Waals surface area contributed by atoms with Gasteiger partial charge in [0.1, 0.15) is 5.75 Å². The average molecular weight is 370 g/mol. The number of rotatable bonds is 9. The van der Waals surface area contributed by atoms with Gasteiger partial charge in [0.25, 0.3) is 0 Å². The number of amides is 2. The number of carbonyl (C=O) groups excluding carboxylic acids is 1. The van der Waals surface area contributed by atoms with E-state index in [0.717, 1.165) is 16.9 Å². The summed E-state index contributed by atoms with van der Waals surface area (Å²) in [5.41, 5.74) is 2.62. The van der Waals surface area contributed by atoms with Crippen molar-refractivity contribution in [2.45, 2.75) is 39.2 Å². The Bertz CT molecular complexity index is 762. The number of aryl methyl sites for hydroxylation is 1. The molecule has 27 heavy (non-hydrogen) atoms. The fourth-order valence-corrected chi connectivity index (χ4v) is 2.80. The first-order chi connectivity index (χ1) is 13.0. The first kappa shape index (κ1) is 20.3. The molecule has 0 saturated heterocycles. The molecule has 0 aliphatic carbocycles. The maximum atomic E-state index is 12.4. The van der Waals surface area contributed by atoms with Crippen LogP contribution in [0.2, 0.25) is 0 Å². The molecule has 1 atom stereocenters. The topological polar surface area (TPSA) is 87.7 Å². The Hall–Kier alpha value is -3.02. The molecule has 0 aliphatic rings. The number of hydrogen-bond donors (Lipinski definition) is 3. The van der Waals surface area contributed by atoms with E-state index >= 15 is 0 Å². The van der Waals surface area contributed by atoms with Crippen LogP contribution in [0.25, 0.3) is 0 Å². The van der Waals surface area contributed by atoms with Crippen LogP contribution in [0.3, 0.4) is 0 Å². The number of benzene rings is 2. The van der Waals surface area contributed by atoms with Crippen molar-refractivity contribution >= 4 is 17.7 Å². The molecule has 0 spiro atoms. The van der Waals surface area contributed by atoms with E-state index in [4.69, 9.17) is 9.84 Å². The van der Waals surface area contributed by atoms with Crippen molar-refractivity contribution in [2.75, 3.05) is 11.9 Å². The van der Waals surface area contributed by atoms with Gasteiger partial charge in [-0.15, -0.1) is 0 Å². The molecule has 2 aromatic rings. The van der Waals surface area contributed by atoms with Gasteiger partial charge in [0.05, 0.1) is 6.61 Å². The Morgan fingerprint density at radius 1 is 1.15 bits per heavy atom. The van der Waals surface area contributed by atoms with E-state index in [2.05, 4.69) is 10.6 Å². The van der Waals surface area contributed by atoms with E-state index in [1.54, 1.807) is 12.1 Å². The highest BCUT2D eigenvalue weighted by atomic mass is 16.5. The van der Waals surface area contributed by atoms with Gasteiger partial charge in [-0.3, -0.25) is 4.79 Å². The molecule has 2 amide bonds. The zero-order valence-electron chi connectivity index (χ0n) is 15.7. The predicted molar refractivity (Wildman–Crippen MR) is 105 cm³/mol. The third kappa shape index (κ3) is 7.01. The van der Waals surface area contributed by atoms with Crippen molar-refractivity contribution < 1.29 is 19.4 Å². The lowest BCUT2D eigenvalue weighted by Gasteiger charge is -2.19. The number of ether oxygens (including phenoxy) is 1. The number of urea groups is 1. The second kappa shape index (κ2) is 10.2. The molecular weight excluding hydrogens is 344 g/mol. The van der Waals surface area contributed by atoms with Gasteiger partial charge in [-0.2, -0.15) is 0 Å². The minimum absolute atomic E-state index is 0.000137. The zero-order chi connectivity index (χ0) is 19.6. The molecule has 2 rings (SSSR count). The monoisotopic (exact) mass is 370 g/mol. The number of nitrogens with one attached hydrogen (secondary N) is 2. The molecule has 144 valence electrons. The molecule has 0 aliphatic heterocycles. The zero-order valence-corrected chi connectivity index (χ0v) is 15.7. The number of aliphatic carboxylic acids is 1. The molecule has 3 N–H and O–H groups in total. The molecular formula is C21H26N2O4. The molecule has 1 unspecified atom stereocenters. The minimum Gasteiger partial charge on any atom is -0.494 e. The first-order valence-corrected chi connectivity index (χ1v) is 9.04. The van der Waals surface area contributed by atoms with Crippen LogP contribution in [0.1, 0.15) is 30.9 Å². The standard InChI is InChI=1S/C21H26N2O4/c1-3-27-18-10-11-19(15(2)13-18)23-21(26)22-17(9-12-20(24)25)14-16-7-5-4-6-8-16/h4-8,10-11,13,17H,3,9,12,14H2,1-2H3,(H,24,25)(H2,22,23,26). The van der Waals surface area contributed by atoms with Gasteiger partial charge >= 0.3 is 12.0 Å². The predicted octanol–water partition coefficient (Wildman–Crippen LogP) is 3.99. The van der Waals surface area contributed by atoms with E-state index in [1.165, 1.54) is 0 Å². The van der Waals surface area contributed by atoms with Crippen molar-refractivity contribution in [1.82, 2.24) is 5.32 Å². The fourth-order valence-electron chi connectivity index (χ4n) is 2.80. The van der Waals surface area contributed by atoms with E-state index in [-0.39, 0.29) is 18.5 Å². The second-order valence-corrected chi connectivity index (χ2v) is 6.33. The summed E-state index contributed by atoms with van der Waals surface area (Å²) < 4.78 is 5.45. The molecule has 0 bridgehead atoms. The minimum atomic E-state index is -0.877. The maximum Gasteiger partial charge on any atom is 0.319 e. The van der Waals surface area contributed by atoms with Crippen LogP contribution in [0.4, 0.5) is 10.5 Å². The van der Waals surface area contributed by atoms with Crippen molar-refractivity contribution in [3.05, 3.63) is 59.7 Å². The number of carboxylic acids is 1. The molecule has 2 aromatic carbocycles. The normalized spacial score (nSPS) is 11.5. The lowest BCUT2D eigenvalue weighted by Crippen LogP contribution is -2.39. The third-order valence-electron chi connectivity index (χ3n) is 4.12. The molecule has 0 saturated carbocycles. The van der Waals surface area contributed by atoms with Crippen LogP contribution >= 0.6 is 0 Å². The van der Waals surface area contributed by atoms with Gasteiger partial charge in [-0.1, -0.05) is 30.3 Å². The summed E-state index contributed by atoms with van der Waals surface area (Å²) in [4.78, 5) is 23.3. The van der Waals surface area contributed by atoms with Crippen LogP contribution in [-0.4, -0.2) is 29.8 Å². The summed E-state index contributed by atoms with van der Waals surface area (Å²) in [6.07, 6.45) is 0.934. The SMILES string of the molecule is CCOc1ccc(NC(=O)NC(CCC(=O)O)Cc2ccccc2)c(C)c1. The van der Waals surface area contributed by atoms with Gasteiger partial charge < -0.3 is 20.5 Å². The van der Waals surface area contributed by atoms with E-state index in [0.29, 0.717) is 25.1 Å². The van der Waals surface area contributed by atoms with Crippen LogP contribution in [0.15, 0.2) is 48.5 Å². The molecule has 6 nitrogen and oxygen atoms in total. The molecule has 0 fully saturated rings. The Balaban J connectivity index is 2.00. The maximum absolute atomic E-state index is 12.4. The molecule has 0 radical (unpaired) electrons. The van der Waals surface area contributed by atoms with Crippen molar-refractivity contribution in [1.29, 1.82) is 0 Å². The van der Waals surface area contributed by atoms with Crippen molar-refractivity contribution in [3.8, 4) is 5.75 Å². The Morgan fingerprint density at radius 2 is 1.89 bits per heavy atom. The summed E-state index contributed by atoms with van der Waals surface area (Å²) in [6, 6.07) is 14.5. The van der Waals surface area contributed by atoms with Gasteiger partial charge in [0, 0.05) is 18.2 Å². The van der Waals surface area contributed by atoms with Crippen LogP contribution in [0, 0.1) is 6.92 Å². The van der Waals surface area contributed by atoms with Crippen molar-refractivity contribution in [3.63, 3.8) is 0 Å². The third-order valence-corrected chi connectivity index (χ3v) is 4.12. The summed E-state index contributed by atoms with van der Waals surface area (Å²) in [5.74, 6) is -0.123. The van der Waals surface area contributed by atoms with Gasteiger partial charge in [-0.25, -0.2) is 4.79 Å². The molecule has 6 heteroatoms. The smallest absolute Gasteiger partial charge is 0.319 e. The number of hydrogen-bond acceptors (Lipinski definition) is 3. The van der Waals surface area contributed by atoms with Crippen LogP contribution in [-0.2, 0) is 11.2 Å². The van der Waals surface area contributed by atoms with Gasteiger partial charge in [0.2, 0.25) is 0 Å². The fraction of sp³-hybridized carbons (Fsp3) is 0.333. The summed E-state index contributed by atoms with van der Waals surface area (Å²) >= 11 is 0. The van der Waals surface area contributed by atoms with Crippen molar-refractivity contribution in [2.24, 2.45) is 0 Å². The van der Waals surface area contributed by atoms with Crippen LogP contribution in [0.5, 0.6) is 5.75 Å². The highest BCUT2D eigenvalue weighted by molar-refractivity contribution is 5.90. The largest absolute Gasteiger partial charge is 0.494 e.